The first-order valence-corrected chi connectivity index (χ1v) is 6.46. The van der Waals surface area contributed by atoms with Crippen molar-refractivity contribution in [2.24, 2.45) is 0 Å². The lowest BCUT2D eigenvalue weighted by atomic mass is 10.1. The van der Waals surface area contributed by atoms with Gasteiger partial charge in [-0.25, -0.2) is 0 Å². The van der Waals surface area contributed by atoms with Crippen molar-refractivity contribution in [3.8, 4) is 5.95 Å². The van der Waals surface area contributed by atoms with Crippen LogP contribution in [0, 0.1) is 13.8 Å². The average molecular weight is 262 g/mol. The molecule has 0 bridgehead atoms. The molecule has 0 aliphatic heterocycles. The van der Waals surface area contributed by atoms with Gasteiger partial charge in [0.25, 0.3) is 5.95 Å². The number of allylic oxidation sites excluding steroid dienone is 4. The minimum absolute atomic E-state index is 0.0250. The number of hydrogen-bond donors (Lipinski definition) is 0. The molecule has 0 atom stereocenters. The summed E-state index contributed by atoms with van der Waals surface area (Å²) in [5.74, 6) is 0.881. The average Bonchev–Trinajstić information content (AvgIpc) is 2.36. The van der Waals surface area contributed by atoms with Crippen molar-refractivity contribution >= 4 is 5.57 Å². The second-order valence-corrected chi connectivity index (χ2v) is 4.69. The van der Waals surface area contributed by atoms with Crippen LogP contribution in [0.25, 0.3) is 5.57 Å². The second-order valence-electron chi connectivity index (χ2n) is 4.69. The third-order valence-corrected chi connectivity index (χ3v) is 3.04. The summed E-state index contributed by atoms with van der Waals surface area (Å²) >= 11 is 0. The van der Waals surface area contributed by atoms with Crippen LogP contribution in [0.4, 0.5) is 0 Å². The minimum Gasteiger partial charge on any atom is -0.468 e. The first kappa shape index (κ1) is 15.3. The lowest BCUT2D eigenvalue weighted by Gasteiger charge is -2.10. The molecule has 0 fully saturated rings. The van der Waals surface area contributed by atoms with E-state index in [9.17, 15) is 4.79 Å². The van der Waals surface area contributed by atoms with Gasteiger partial charge in [-0.2, -0.15) is 0 Å². The van der Waals surface area contributed by atoms with Gasteiger partial charge >= 0.3 is 0 Å². The molecule has 0 aromatic carbocycles. The van der Waals surface area contributed by atoms with Gasteiger partial charge in [0.15, 0.2) is 5.43 Å². The van der Waals surface area contributed by atoms with E-state index >= 15 is 0 Å². The van der Waals surface area contributed by atoms with Crippen LogP contribution in [0.2, 0.25) is 0 Å². The second kappa shape index (κ2) is 6.41. The van der Waals surface area contributed by atoms with Crippen molar-refractivity contribution in [3.05, 3.63) is 44.8 Å². The number of rotatable bonds is 4. The molecule has 0 N–H and O–H groups in total. The standard InChI is InChI=1S/C16H22O3/c1-7-8-10(2)9-11(3)15-12(4)14(17)13(5)16(18-6)19-15/h8-9H,7H2,1-6H3/b10-8+,11-9+. The van der Waals surface area contributed by atoms with E-state index in [0.29, 0.717) is 16.9 Å². The number of hydrogen-bond acceptors (Lipinski definition) is 3. The smallest absolute Gasteiger partial charge is 0.291 e. The highest BCUT2D eigenvalue weighted by molar-refractivity contribution is 5.65. The van der Waals surface area contributed by atoms with E-state index in [1.54, 1.807) is 13.8 Å². The molecule has 1 heterocycles. The van der Waals surface area contributed by atoms with Gasteiger partial charge < -0.3 is 9.15 Å². The van der Waals surface area contributed by atoms with Crippen molar-refractivity contribution in [1.82, 2.24) is 0 Å². The van der Waals surface area contributed by atoms with E-state index in [1.807, 2.05) is 19.9 Å². The molecule has 1 aromatic rings. The number of methoxy groups -OCH3 is 1. The van der Waals surface area contributed by atoms with Crippen LogP contribution in [0.15, 0.2) is 26.9 Å². The van der Waals surface area contributed by atoms with Crippen LogP contribution in [-0.4, -0.2) is 7.11 Å². The Morgan fingerprint density at radius 3 is 2.42 bits per heavy atom. The normalized spacial score (nSPS) is 12.7. The highest BCUT2D eigenvalue weighted by Crippen LogP contribution is 2.24. The Bertz CT molecular complexity index is 574. The van der Waals surface area contributed by atoms with Gasteiger partial charge in [0.2, 0.25) is 0 Å². The van der Waals surface area contributed by atoms with Crippen LogP contribution in [0.1, 0.15) is 44.1 Å². The summed E-state index contributed by atoms with van der Waals surface area (Å²) in [4.78, 5) is 12.1. The summed E-state index contributed by atoms with van der Waals surface area (Å²) in [6.45, 7) is 9.55. The fourth-order valence-corrected chi connectivity index (χ4v) is 2.08. The van der Waals surface area contributed by atoms with Gasteiger partial charge in [0.05, 0.1) is 12.7 Å². The molecule has 19 heavy (non-hydrogen) atoms. The molecule has 0 amide bonds. The highest BCUT2D eigenvalue weighted by atomic mass is 16.6. The zero-order valence-electron chi connectivity index (χ0n) is 12.6. The van der Waals surface area contributed by atoms with Crippen LogP contribution >= 0.6 is 0 Å². The van der Waals surface area contributed by atoms with Gasteiger partial charge in [-0.3, -0.25) is 4.79 Å². The Hall–Kier alpha value is -1.77. The summed E-state index contributed by atoms with van der Waals surface area (Å²) < 4.78 is 10.8. The molecular weight excluding hydrogens is 240 g/mol. The molecule has 0 spiro atoms. The van der Waals surface area contributed by atoms with Crippen LogP contribution in [0.5, 0.6) is 5.95 Å². The predicted octanol–water partition coefficient (Wildman–Crippen LogP) is 4.02. The summed E-state index contributed by atoms with van der Waals surface area (Å²) in [5, 5.41) is 0. The van der Waals surface area contributed by atoms with Gasteiger partial charge in [-0.1, -0.05) is 24.6 Å². The monoisotopic (exact) mass is 262 g/mol. The SMILES string of the molecule is CC/C=C(C)/C=C(\C)c1oc(OC)c(C)c(=O)c1C. The first-order chi connectivity index (χ1) is 8.92. The molecule has 0 aliphatic rings. The third kappa shape index (κ3) is 3.37. The van der Waals surface area contributed by atoms with Crippen molar-refractivity contribution in [1.29, 1.82) is 0 Å². The number of ether oxygens (including phenoxy) is 1. The van der Waals surface area contributed by atoms with Crippen molar-refractivity contribution in [2.45, 2.75) is 41.0 Å². The molecule has 3 nitrogen and oxygen atoms in total. The van der Waals surface area contributed by atoms with E-state index in [4.69, 9.17) is 9.15 Å². The van der Waals surface area contributed by atoms with E-state index in [2.05, 4.69) is 13.0 Å². The van der Waals surface area contributed by atoms with E-state index in [1.165, 1.54) is 7.11 Å². The first-order valence-electron chi connectivity index (χ1n) is 6.46. The molecule has 104 valence electrons. The van der Waals surface area contributed by atoms with E-state index in [0.717, 1.165) is 17.6 Å². The zero-order chi connectivity index (χ0) is 14.6. The van der Waals surface area contributed by atoms with E-state index < -0.39 is 0 Å². The Balaban J connectivity index is 3.40. The van der Waals surface area contributed by atoms with Crippen molar-refractivity contribution in [3.63, 3.8) is 0 Å². The Kier molecular flexibility index (Phi) is 5.16. The van der Waals surface area contributed by atoms with Gasteiger partial charge in [0.1, 0.15) is 5.76 Å². The Morgan fingerprint density at radius 2 is 1.89 bits per heavy atom. The van der Waals surface area contributed by atoms with Crippen molar-refractivity contribution < 1.29 is 9.15 Å². The third-order valence-electron chi connectivity index (χ3n) is 3.04. The highest BCUT2D eigenvalue weighted by Gasteiger charge is 2.15. The maximum atomic E-state index is 12.1. The lowest BCUT2D eigenvalue weighted by Crippen LogP contribution is -2.12. The quantitative estimate of drug-likeness (QED) is 0.769. The molecular formula is C16H22O3. The summed E-state index contributed by atoms with van der Waals surface area (Å²) in [7, 11) is 1.51. The van der Waals surface area contributed by atoms with Crippen LogP contribution in [0.3, 0.4) is 0 Å². The van der Waals surface area contributed by atoms with Crippen LogP contribution < -0.4 is 10.2 Å². The molecule has 0 unspecified atom stereocenters. The fraction of sp³-hybridized carbons (Fsp3) is 0.438. The molecule has 3 heteroatoms. The van der Waals surface area contributed by atoms with Gasteiger partial charge in [0, 0.05) is 5.56 Å². The Labute approximate surface area is 114 Å². The summed E-state index contributed by atoms with van der Waals surface area (Å²) in [6, 6.07) is 0. The molecule has 0 radical (unpaired) electrons. The maximum Gasteiger partial charge on any atom is 0.291 e. The molecule has 1 aromatic heterocycles. The Morgan fingerprint density at radius 1 is 1.26 bits per heavy atom. The van der Waals surface area contributed by atoms with Crippen molar-refractivity contribution in [2.75, 3.05) is 7.11 Å². The minimum atomic E-state index is -0.0250. The van der Waals surface area contributed by atoms with Crippen LogP contribution in [-0.2, 0) is 0 Å². The zero-order valence-corrected chi connectivity index (χ0v) is 12.6. The van der Waals surface area contributed by atoms with Gasteiger partial charge in [-0.15, -0.1) is 0 Å². The topological polar surface area (TPSA) is 39.4 Å². The molecule has 1 rings (SSSR count). The molecule has 0 aliphatic carbocycles. The van der Waals surface area contributed by atoms with Gasteiger partial charge in [-0.05, 0) is 39.7 Å². The summed E-state index contributed by atoms with van der Waals surface area (Å²) in [6.07, 6.45) is 5.13. The van der Waals surface area contributed by atoms with E-state index in [-0.39, 0.29) is 11.4 Å². The lowest BCUT2D eigenvalue weighted by molar-refractivity contribution is 0.288. The molecule has 0 saturated carbocycles. The molecule has 0 saturated heterocycles. The maximum absolute atomic E-state index is 12.1. The fourth-order valence-electron chi connectivity index (χ4n) is 2.08. The largest absolute Gasteiger partial charge is 0.468 e. The summed E-state index contributed by atoms with van der Waals surface area (Å²) in [5.41, 5.74) is 3.19. The predicted molar refractivity (Wildman–Crippen MR) is 78.7 cm³/mol.